The Balaban J connectivity index is 4.62. The van der Waals surface area contributed by atoms with Crippen molar-refractivity contribution in [3.8, 4) is 0 Å². The minimum absolute atomic E-state index is 0.150. The molecular formula is C17H33N7O5. The van der Waals surface area contributed by atoms with Gasteiger partial charge in [-0.1, -0.05) is 0 Å². The number of hydrogen-bond donors (Lipinski definition) is 2. The van der Waals surface area contributed by atoms with Gasteiger partial charge in [-0.25, -0.2) is 0 Å². The maximum absolute atomic E-state index is 12.3. The molecule has 4 N–H and O–H groups in total. The Labute approximate surface area is 171 Å². The van der Waals surface area contributed by atoms with Crippen molar-refractivity contribution in [2.24, 2.45) is 11.5 Å². The van der Waals surface area contributed by atoms with Crippen LogP contribution in [0.4, 0.5) is 0 Å². The van der Waals surface area contributed by atoms with Crippen LogP contribution >= 0.6 is 0 Å². The third-order valence-corrected chi connectivity index (χ3v) is 4.11. The van der Waals surface area contributed by atoms with Crippen LogP contribution in [0.5, 0.6) is 0 Å². The highest BCUT2D eigenvalue weighted by molar-refractivity contribution is 5.90. The van der Waals surface area contributed by atoms with Gasteiger partial charge in [0.25, 0.3) is 0 Å². The number of amides is 5. The van der Waals surface area contributed by atoms with Crippen molar-refractivity contribution >= 4 is 30.0 Å². The lowest BCUT2D eigenvalue weighted by atomic mass is 10.3. The van der Waals surface area contributed by atoms with Crippen molar-refractivity contribution in [1.82, 2.24) is 24.5 Å². The first-order chi connectivity index (χ1) is 13.6. The van der Waals surface area contributed by atoms with Gasteiger partial charge < -0.3 is 36.0 Å². The standard InChI is InChI=1S/C17H33N7O5/c1-20(13-25)9-14(26)21(2)10-15(27)22(3)11-16(28)23(4)12-17(29)24(7-5-18)8-6-19/h13H,5-12,18-19H2,1-4H3. The summed E-state index contributed by atoms with van der Waals surface area (Å²) >= 11 is 0. The third kappa shape index (κ3) is 9.85. The van der Waals surface area contributed by atoms with E-state index in [4.69, 9.17) is 11.5 Å². The largest absolute Gasteiger partial charge is 0.339 e. The molecule has 5 amide bonds. The van der Waals surface area contributed by atoms with Crippen molar-refractivity contribution in [2.75, 3.05) is 80.5 Å². The quantitative estimate of drug-likeness (QED) is 0.292. The Bertz CT molecular complexity index is 581. The molecule has 0 fully saturated rings. The fourth-order valence-electron chi connectivity index (χ4n) is 2.26. The average molecular weight is 415 g/mol. The number of rotatable bonds is 13. The highest BCUT2D eigenvalue weighted by Gasteiger charge is 2.22. The van der Waals surface area contributed by atoms with Gasteiger partial charge in [0.2, 0.25) is 30.0 Å². The maximum atomic E-state index is 12.3. The fraction of sp³-hybridized carbons (Fsp3) is 0.706. The normalized spacial score (nSPS) is 10.1. The fourth-order valence-corrected chi connectivity index (χ4v) is 2.26. The van der Waals surface area contributed by atoms with Gasteiger partial charge in [0, 0.05) is 54.4 Å². The lowest BCUT2D eigenvalue weighted by Gasteiger charge is -2.27. The molecule has 0 atom stereocenters. The summed E-state index contributed by atoms with van der Waals surface area (Å²) in [5.74, 6) is -1.56. The highest BCUT2D eigenvalue weighted by atomic mass is 16.2. The van der Waals surface area contributed by atoms with Gasteiger partial charge in [-0.15, -0.1) is 0 Å². The maximum Gasteiger partial charge on any atom is 0.242 e. The van der Waals surface area contributed by atoms with Crippen LogP contribution in [0.2, 0.25) is 0 Å². The number of carbonyl (C=O) groups is 5. The van der Waals surface area contributed by atoms with Crippen LogP contribution in [0.3, 0.4) is 0 Å². The van der Waals surface area contributed by atoms with Crippen LogP contribution in [0, 0.1) is 0 Å². The second-order valence-electron chi connectivity index (χ2n) is 6.73. The molecule has 0 spiro atoms. The molecule has 12 nitrogen and oxygen atoms in total. The molecule has 166 valence electrons. The SMILES string of the molecule is CN(C=O)CC(=O)N(C)CC(=O)N(C)CC(=O)N(C)CC(=O)N(CCN)CCN. The van der Waals surface area contributed by atoms with E-state index in [2.05, 4.69) is 0 Å². The Hall–Kier alpha value is -2.73. The summed E-state index contributed by atoms with van der Waals surface area (Å²) < 4.78 is 0. The molecule has 0 radical (unpaired) electrons. The van der Waals surface area contributed by atoms with E-state index in [1.165, 1.54) is 47.8 Å². The lowest BCUT2D eigenvalue weighted by molar-refractivity contribution is -0.144. The van der Waals surface area contributed by atoms with E-state index in [9.17, 15) is 24.0 Å². The summed E-state index contributed by atoms with van der Waals surface area (Å²) in [5.41, 5.74) is 11.0. The summed E-state index contributed by atoms with van der Waals surface area (Å²) in [7, 11) is 5.78. The second kappa shape index (κ2) is 13.4. The Morgan fingerprint density at radius 2 is 1.00 bits per heavy atom. The molecule has 0 aliphatic carbocycles. The van der Waals surface area contributed by atoms with Gasteiger partial charge in [-0.2, -0.15) is 0 Å². The zero-order chi connectivity index (χ0) is 22.6. The minimum Gasteiger partial charge on any atom is -0.339 e. The van der Waals surface area contributed by atoms with E-state index < -0.39 is 17.7 Å². The average Bonchev–Trinajstić information content (AvgIpc) is 2.66. The molecule has 0 aliphatic rings. The van der Waals surface area contributed by atoms with Crippen LogP contribution in [0.25, 0.3) is 0 Å². The molecule has 0 rings (SSSR count). The monoisotopic (exact) mass is 415 g/mol. The van der Waals surface area contributed by atoms with Gasteiger partial charge in [-0.05, 0) is 0 Å². The predicted octanol–water partition coefficient (Wildman–Crippen LogP) is -3.80. The van der Waals surface area contributed by atoms with Crippen molar-refractivity contribution in [3.05, 3.63) is 0 Å². The number of hydrogen-bond acceptors (Lipinski definition) is 7. The Kier molecular flexibility index (Phi) is 12.2. The first-order valence-corrected chi connectivity index (χ1v) is 9.12. The second-order valence-corrected chi connectivity index (χ2v) is 6.73. The zero-order valence-corrected chi connectivity index (χ0v) is 17.7. The zero-order valence-electron chi connectivity index (χ0n) is 17.7. The molecule has 0 aliphatic heterocycles. The summed E-state index contributed by atoms with van der Waals surface area (Å²) in [5, 5.41) is 0. The first-order valence-electron chi connectivity index (χ1n) is 9.12. The molecule has 0 unspecified atom stereocenters. The van der Waals surface area contributed by atoms with Crippen LogP contribution in [0.15, 0.2) is 0 Å². The molecule has 0 bridgehead atoms. The van der Waals surface area contributed by atoms with E-state index in [1.54, 1.807) is 0 Å². The van der Waals surface area contributed by atoms with Gasteiger partial charge in [0.05, 0.1) is 26.2 Å². The number of nitrogens with two attached hydrogens (primary N) is 2. The van der Waals surface area contributed by atoms with Gasteiger partial charge >= 0.3 is 0 Å². The third-order valence-electron chi connectivity index (χ3n) is 4.11. The molecule has 0 saturated carbocycles. The topological polar surface area (TPSA) is 154 Å². The highest BCUT2D eigenvalue weighted by Crippen LogP contribution is 1.97. The molecule has 0 aromatic rings. The van der Waals surface area contributed by atoms with Gasteiger partial charge in [-0.3, -0.25) is 24.0 Å². The van der Waals surface area contributed by atoms with E-state index >= 15 is 0 Å². The van der Waals surface area contributed by atoms with Crippen LogP contribution < -0.4 is 11.5 Å². The van der Waals surface area contributed by atoms with Crippen molar-refractivity contribution in [3.63, 3.8) is 0 Å². The van der Waals surface area contributed by atoms with Crippen LogP contribution in [-0.2, 0) is 24.0 Å². The smallest absolute Gasteiger partial charge is 0.242 e. The molecule has 0 aromatic carbocycles. The molecule has 0 aromatic heterocycles. The van der Waals surface area contributed by atoms with Gasteiger partial charge in [0.15, 0.2) is 0 Å². The van der Waals surface area contributed by atoms with Crippen LogP contribution in [0.1, 0.15) is 0 Å². The number of likely N-dealkylation sites (N-methyl/N-ethyl adjacent to an activating group) is 4. The minimum atomic E-state index is -0.449. The summed E-state index contributed by atoms with van der Waals surface area (Å²) in [6.45, 7) is 0.475. The Morgan fingerprint density at radius 3 is 1.34 bits per heavy atom. The van der Waals surface area contributed by atoms with E-state index in [1.807, 2.05) is 0 Å². The van der Waals surface area contributed by atoms with Crippen molar-refractivity contribution in [2.45, 2.75) is 0 Å². The molecule has 0 heterocycles. The van der Waals surface area contributed by atoms with E-state index in [0.717, 1.165) is 4.90 Å². The molecular weight excluding hydrogens is 382 g/mol. The predicted molar refractivity (Wildman–Crippen MR) is 106 cm³/mol. The summed E-state index contributed by atoms with van der Waals surface area (Å²) in [4.78, 5) is 65.5. The number of nitrogens with zero attached hydrogens (tertiary/aromatic N) is 5. The van der Waals surface area contributed by atoms with Crippen molar-refractivity contribution < 1.29 is 24.0 Å². The first kappa shape index (κ1) is 26.3. The molecule has 12 heteroatoms. The van der Waals surface area contributed by atoms with Crippen molar-refractivity contribution in [1.29, 1.82) is 0 Å². The number of carbonyl (C=O) groups excluding carboxylic acids is 5. The van der Waals surface area contributed by atoms with Gasteiger partial charge in [0.1, 0.15) is 0 Å². The molecule has 29 heavy (non-hydrogen) atoms. The molecule has 0 saturated heterocycles. The summed E-state index contributed by atoms with van der Waals surface area (Å²) in [6, 6.07) is 0. The van der Waals surface area contributed by atoms with E-state index in [-0.39, 0.29) is 45.2 Å². The summed E-state index contributed by atoms with van der Waals surface area (Å²) in [6.07, 6.45) is 0.512. The van der Waals surface area contributed by atoms with Crippen LogP contribution in [-0.4, -0.2) is 135 Å². The van der Waals surface area contributed by atoms with E-state index in [0.29, 0.717) is 19.5 Å². The Morgan fingerprint density at radius 1 is 0.655 bits per heavy atom. The lowest BCUT2D eigenvalue weighted by Crippen LogP contribution is -2.48.